The summed E-state index contributed by atoms with van der Waals surface area (Å²) in [4.78, 5) is 82.7. The number of hydrogen-bond acceptors (Lipinski definition) is 19. The van der Waals surface area contributed by atoms with Crippen molar-refractivity contribution in [2.24, 2.45) is 27.7 Å². The number of Topliss-reactive ketones (excluding diaryl/α,β-unsaturated/α-hetero) is 2. The number of aliphatic hydroxyl groups excluding tert-OH is 2. The first kappa shape index (κ1) is 63.6. The van der Waals surface area contributed by atoms with Gasteiger partial charge in [-0.3, -0.25) is 28.8 Å². The van der Waals surface area contributed by atoms with Crippen molar-refractivity contribution in [2.45, 2.75) is 188 Å². The summed E-state index contributed by atoms with van der Waals surface area (Å²) in [5, 5.41) is 43.6. The lowest BCUT2D eigenvalue weighted by Gasteiger charge is -2.45. The quantitative estimate of drug-likeness (QED) is 0.0425. The first-order valence-corrected chi connectivity index (χ1v) is 29.1. The minimum Gasteiger partial charge on any atom is -0.507 e. The highest BCUT2D eigenvalue weighted by atomic mass is 16.7. The summed E-state index contributed by atoms with van der Waals surface area (Å²) in [5.74, 6) is -2.53. The van der Waals surface area contributed by atoms with Crippen LogP contribution >= 0.6 is 0 Å². The molecule has 12 atom stereocenters. The molecular formula is C67H80N2O17. The number of nitrogens with two attached hydrogens (primary N) is 2. The highest BCUT2D eigenvalue weighted by Gasteiger charge is 2.52. The molecule has 2 heterocycles. The van der Waals surface area contributed by atoms with Crippen LogP contribution in [0.3, 0.4) is 0 Å². The lowest BCUT2D eigenvalue weighted by Crippen LogP contribution is -2.52. The normalized spacial score (nSPS) is 28.4. The lowest BCUT2D eigenvalue weighted by atomic mass is 9.63. The molecule has 0 saturated carbocycles. The molecule has 2 fully saturated rings. The smallest absolute Gasteiger partial charge is 0.202 e. The van der Waals surface area contributed by atoms with Gasteiger partial charge in [-0.05, 0) is 93.5 Å². The van der Waals surface area contributed by atoms with Gasteiger partial charge in [-0.25, -0.2) is 0 Å². The zero-order chi connectivity index (χ0) is 63.2. The maximum absolute atomic E-state index is 14.8. The molecule has 0 aromatic heterocycles. The summed E-state index contributed by atoms with van der Waals surface area (Å²) >= 11 is 0. The van der Waals surface area contributed by atoms with E-state index in [1.54, 1.807) is 52.0 Å². The third-order valence-electron chi connectivity index (χ3n) is 17.9. The summed E-state index contributed by atoms with van der Waals surface area (Å²) in [5.41, 5.74) is 15.1. The number of carbonyl (C=O) groups excluding carboxylic acids is 6. The molecule has 8 N–H and O–H groups in total. The number of ether oxygens (including phenoxy) is 7. The number of ketones is 6. The number of phenolic OH excluding ortho intramolecular Hbond substituents is 2. The summed E-state index contributed by atoms with van der Waals surface area (Å²) in [6.45, 7) is 22.1. The highest BCUT2D eigenvalue weighted by molar-refractivity contribution is 6.32. The Hall–Kier alpha value is -6.90. The van der Waals surface area contributed by atoms with Crippen LogP contribution in [0.5, 0.6) is 28.7 Å². The zero-order valence-corrected chi connectivity index (χ0v) is 51.4. The van der Waals surface area contributed by atoms with E-state index < -0.39 is 101 Å². The highest BCUT2D eigenvalue weighted by Crippen LogP contribution is 2.57. The van der Waals surface area contributed by atoms with Crippen molar-refractivity contribution in [3.63, 3.8) is 0 Å². The lowest BCUT2D eigenvalue weighted by molar-refractivity contribution is -0.245. The molecule has 4 aliphatic carbocycles. The van der Waals surface area contributed by atoms with Gasteiger partial charge in [-0.2, -0.15) is 0 Å². The van der Waals surface area contributed by atoms with Crippen molar-refractivity contribution in [3.05, 3.63) is 127 Å². The standard InChI is InChI=1S/C39H49NO8.C28H31NO9/c1-20-33(42)24(40)17-27(47-20)48-26-19-39(9,21(2)41)18-23-28(26)32(38(6,7)8)30-31(36(23)46-16-12-15-37(3,4)5)34(43)22-13-11-14-25(45-10)29(22)35(30)44;1-11-23(31)15(29)8-18(37-11)38-17-10-28(3,12(2)30)9-14-20(17)27(35)22-21(25(14)33)24(32)13-6-5-7-16(36-4)19(13)26(22)34/h11,13-16,20,24,26-27,33,42H,17-19,40H2,1-10H3;5-7,11,15,17-18,23,31,33,35H,8-10,29H2,1-4H3/t12?,20?,24?,26-,27?,33?,39+;11?,15?,17-,18?,23?,28+/m00/s1. The molecule has 0 amide bonds. The molecule has 4 aromatic carbocycles. The van der Waals surface area contributed by atoms with Gasteiger partial charge >= 0.3 is 0 Å². The van der Waals surface area contributed by atoms with Gasteiger partial charge in [0.15, 0.2) is 29.9 Å². The molecule has 0 spiro atoms. The molecule has 4 aromatic rings. The average Bonchev–Trinajstić information content (AvgIpc) is 0.717. The van der Waals surface area contributed by atoms with Crippen LogP contribution < -0.4 is 25.7 Å². The van der Waals surface area contributed by atoms with E-state index in [-0.39, 0.29) is 128 Å². The minimum absolute atomic E-state index is 0.00611. The van der Waals surface area contributed by atoms with Gasteiger partial charge in [-0.1, -0.05) is 85.4 Å². The fraction of sp³-hybridized carbons (Fsp3) is 0.507. The average molecular weight is 1190 g/mol. The van der Waals surface area contributed by atoms with Crippen molar-refractivity contribution < 1.29 is 82.4 Å². The van der Waals surface area contributed by atoms with E-state index in [1.165, 1.54) is 39.5 Å². The van der Waals surface area contributed by atoms with Gasteiger partial charge < -0.3 is 65.1 Å². The van der Waals surface area contributed by atoms with Crippen LogP contribution in [0.25, 0.3) is 0 Å². The van der Waals surface area contributed by atoms with Crippen LogP contribution in [-0.2, 0) is 46.8 Å². The fourth-order valence-corrected chi connectivity index (χ4v) is 13.0. The Morgan fingerprint density at radius 3 is 1.52 bits per heavy atom. The number of fused-ring (bicyclic) bond motifs is 6. The molecule has 2 aliphatic heterocycles. The molecule has 460 valence electrons. The molecule has 86 heavy (non-hydrogen) atoms. The molecule has 10 rings (SSSR count). The molecule has 2 saturated heterocycles. The van der Waals surface area contributed by atoms with Crippen molar-refractivity contribution in [2.75, 3.05) is 14.2 Å². The minimum atomic E-state index is -0.999. The molecular weight excluding hydrogens is 1100 g/mol. The number of methoxy groups -OCH3 is 2. The SMILES string of the molecule is COc1cccc2c1C(=O)c1c(O)c3c(c(O)c1C2=O)C[C@@](C)(C(C)=O)C[C@@H]3OC1CC(N)C(O)C(C)O1.COc1cccc2c1C(=O)c1c(c(OC=C=CC(C)(C)C)c3c(c1C(C)(C)C)[C@@H](OC1CC(N)C(O)C(C)O1)C[C@](C)(C(C)=O)C3)C2=O. The predicted molar refractivity (Wildman–Crippen MR) is 315 cm³/mol. The maximum Gasteiger partial charge on any atom is 0.202 e. The predicted octanol–water partition coefficient (Wildman–Crippen LogP) is 8.59. The van der Waals surface area contributed by atoms with E-state index in [2.05, 4.69) is 5.73 Å². The zero-order valence-electron chi connectivity index (χ0n) is 51.4. The molecule has 19 heteroatoms. The van der Waals surface area contributed by atoms with Gasteiger partial charge in [0.05, 0.1) is 78.7 Å². The third kappa shape index (κ3) is 11.3. The van der Waals surface area contributed by atoms with Crippen LogP contribution in [0.1, 0.15) is 212 Å². The second-order valence-corrected chi connectivity index (χ2v) is 26.5. The van der Waals surface area contributed by atoms with Crippen LogP contribution in [-0.4, -0.2) is 118 Å². The topological polar surface area (TPSA) is 300 Å². The van der Waals surface area contributed by atoms with Gasteiger partial charge in [0.25, 0.3) is 0 Å². The Morgan fingerprint density at radius 2 is 1.08 bits per heavy atom. The van der Waals surface area contributed by atoms with Crippen molar-refractivity contribution >= 4 is 34.7 Å². The summed E-state index contributed by atoms with van der Waals surface area (Å²) in [7, 11) is 2.84. The number of rotatable bonds is 10. The van der Waals surface area contributed by atoms with E-state index >= 15 is 0 Å². The number of aromatic hydroxyl groups is 2. The molecule has 8 unspecified atom stereocenters. The second-order valence-electron chi connectivity index (χ2n) is 26.5. The number of aliphatic hydroxyl groups is 2. The van der Waals surface area contributed by atoms with E-state index in [1.807, 2.05) is 54.5 Å². The largest absolute Gasteiger partial charge is 0.507 e. The molecule has 6 aliphatic rings. The van der Waals surface area contributed by atoms with E-state index in [0.29, 0.717) is 28.9 Å². The van der Waals surface area contributed by atoms with Crippen LogP contribution in [0, 0.1) is 16.2 Å². The second kappa shape index (κ2) is 23.3. The van der Waals surface area contributed by atoms with Crippen LogP contribution in [0.15, 0.2) is 54.5 Å². The Balaban J connectivity index is 0.000000211. The summed E-state index contributed by atoms with van der Waals surface area (Å²) in [6.07, 6.45) is -2.00. The van der Waals surface area contributed by atoms with Gasteiger partial charge in [-0.15, -0.1) is 0 Å². The first-order valence-electron chi connectivity index (χ1n) is 29.1. The Kier molecular flexibility index (Phi) is 17.2. The monoisotopic (exact) mass is 1180 g/mol. The molecule has 0 radical (unpaired) electrons. The fourth-order valence-electron chi connectivity index (χ4n) is 13.0. The van der Waals surface area contributed by atoms with Gasteiger partial charge in [0.1, 0.15) is 46.6 Å². The number of carbonyl (C=O) groups is 6. The van der Waals surface area contributed by atoms with Crippen molar-refractivity contribution in [1.82, 2.24) is 0 Å². The summed E-state index contributed by atoms with van der Waals surface area (Å²) in [6, 6.07) is 8.34. The van der Waals surface area contributed by atoms with Crippen LogP contribution in [0.4, 0.5) is 0 Å². The summed E-state index contributed by atoms with van der Waals surface area (Å²) < 4.78 is 42.2. The first-order chi connectivity index (χ1) is 40.2. The van der Waals surface area contributed by atoms with E-state index in [0.717, 1.165) is 0 Å². The van der Waals surface area contributed by atoms with Gasteiger partial charge in [0, 0.05) is 69.1 Å². The van der Waals surface area contributed by atoms with E-state index in [4.69, 9.17) is 44.6 Å². The third-order valence-corrected chi connectivity index (χ3v) is 17.9. The maximum atomic E-state index is 14.8. The Morgan fingerprint density at radius 1 is 0.640 bits per heavy atom. The number of hydrogen-bond donors (Lipinski definition) is 6. The number of phenols is 2. The Labute approximate surface area is 501 Å². The van der Waals surface area contributed by atoms with Crippen molar-refractivity contribution in [1.29, 1.82) is 0 Å². The van der Waals surface area contributed by atoms with Crippen molar-refractivity contribution in [3.8, 4) is 28.7 Å². The van der Waals surface area contributed by atoms with E-state index in [9.17, 15) is 49.2 Å². The van der Waals surface area contributed by atoms with Crippen LogP contribution in [0.2, 0.25) is 0 Å². The Bertz CT molecular complexity index is 3520. The molecule has 0 bridgehead atoms. The number of allylic oxidation sites excluding steroid dienone is 1. The number of benzene rings is 4. The molecule has 19 nitrogen and oxygen atoms in total. The van der Waals surface area contributed by atoms with Gasteiger partial charge in [0.2, 0.25) is 5.78 Å².